The summed E-state index contributed by atoms with van der Waals surface area (Å²) in [6.45, 7) is 0. The molecule has 2 heterocycles. The number of carbonyl (C=O) groups excluding carboxylic acids is 1. The molecule has 6 nitrogen and oxygen atoms in total. The van der Waals surface area contributed by atoms with Gasteiger partial charge in [0.2, 0.25) is 5.91 Å². The third-order valence-electron chi connectivity index (χ3n) is 5.51. The molecule has 1 saturated carbocycles. The lowest BCUT2D eigenvalue weighted by Crippen LogP contribution is -2.44. The maximum atomic E-state index is 12.9. The van der Waals surface area contributed by atoms with Gasteiger partial charge in [0.1, 0.15) is 0 Å². The zero-order valence-corrected chi connectivity index (χ0v) is 16.9. The van der Waals surface area contributed by atoms with Crippen LogP contribution in [0.25, 0.3) is 10.8 Å². The first-order valence-electron chi connectivity index (χ1n) is 9.52. The summed E-state index contributed by atoms with van der Waals surface area (Å²) in [5.74, 6) is 0.568. The third-order valence-corrected chi connectivity index (χ3v) is 8.12. The fourth-order valence-electron chi connectivity index (χ4n) is 4.10. The van der Waals surface area contributed by atoms with Crippen molar-refractivity contribution >= 4 is 54.8 Å². The van der Waals surface area contributed by atoms with Crippen molar-refractivity contribution in [1.29, 1.82) is 0 Å². The molecule has 0 radical (unpaired) electrons. The van der Waals surface area contributed by atoms with Crippen LogP contribution < -0.4 is 5.32 Å². The third kappa shape index (κ3) is 3.39. The topological polar surface area (TPSA) is 78.8 Å². The fourth-order valence-corrected chi connectivity index (χ4v) is 6.56. The van der Waals surface area contributed by atoms with E-state index in [0.717, 1.165) is 35.0 Å². The van der Waals surface area contributed by atoms with Crippen molar-refractivity contribution in [2.24, 2.45) is 4.99 Å². The number of thioether (sulfide) groups is 1. The molecule has 28 heavy (non-hydrogen) atoms. The molecule has 2 fully saturated rings. The molecule has 1 atom stereocenters. The van der Waals surface area contributed by atoms with Gasteiger partial charge < -0.3 is 10.2 Å². The van der Waals surface area contributed by atoms with E-state index >= 15 is 0 Å². The Morgan fingerprint density at radius 3 is 2.64 bits per heavy atom. The summed E-state index contributed by atoms with van der Waals surface area (Å²) in [5.41, 5.74) is 1.90. The normalized spacial score (nSPS) is 22.6. The molecule has 3 aliphatic rings. The molecule has 0 bridgehead atoms. The van der Waals surface area contributed by atoms with Crippen LogP contribution in [0.15, 0.2) is 41.4 Å². The van der Waals surface area contributed by atoms with Crippen molar-refractivity contribution in [3.63, 3.8) is 0 Å². The second-order valence-corrected chi connectivity index (χ2v) is 10.8. The summed E-state index contributed by atoms with van der Waals surface area (Å²) >= 11 is 1.38. The van der Waals surface area contributed by atoms with Crippen molar-refractivity contribution in [3.8, 4) is 0 Å². The van der Waals surface area contributed by atoms with Gasteiger partial charge in [0.25, 0.3) is 0 Å². The van der Waals surface area contributed by atoms with Crippen LogP contribution in [0.2, 0.25) is 0 Å². The van der Waals surface area contributed by atoms with E-state index in [9.17, 15) is 13.2 Å². The van der Waals surface area contributed by atoms with Gasteiger partial charge in [0.05, 0.1) is 28.6 Å². The first-order chi connectivity index (χ1) is 13.5. The van der Waals surface area contributed by atoms with Crippen LogP contribution in [0, 0.1) is 0 Å². The first-order valence-corrected chi connectivity index (χ1v) is 12.3. The lowest BCUT2D eigenvalue weighted by molar-refractivity contribution is -0.130. The van der Waals surface area contributed by atoms with E-state index in [1.54, 1.807) is 0 Å². The molecule has 8 heteroatoms. The van der Waals surface area contributed by atoms with E-state index in [0.29, 0.717) is 11.6 Å². The molecule has 2 aromatic carbocycles. The van der Waals surface area contributed by atoms with Gasteiger partial charge in [-0.05, 0) is 36.8 Å². The average Bonchev–Trinajstić information content (AvgIpc) is 3.43. The van der Waals surface area contributed by atoms with Gasteiger partial charge in [0, 0.05) is 17.5 Å². The molecule has 5 rings (SSSR count). The van der Waals surface area contributed by atoms with E-state index in [2.05, 4.69) is 22.4 Å². The Morgan fingerprint density at radius 1 is 1.14 bits per heavy atom. The number of anilines is 1. The van der Waals surface area contributed by atoms with E-state index in [-0.39, 0.29) is 35.2 Å². The van der Waals surface area contributed by atoms with Crippen molar-refractivity contribution in [1.82, 2.24) is 4.90 Å². The minimum absolute atomic E-state index is 0.0103. The number of carbonyl (C=O) groups is 1. The number of rotatable bonds is 4. The van der Waals surface area contributed by atoms with Gasteiger partial charge >= 0.3 is 0 Å². The van der Waals surface area contributed by atoms with Crippen LogP contribution in [0.3, 0.4) is 0 Å². The molecule has 0 spiro atoms. The van der Waals surface area contributed by atoms with Gasteiger partial charge in [-0.1, -0.05) is 36.0 Å². The number of hydrogen-bond acceptors (Lipinski definition) is 6. The number of amides is 1. The molecule has 1 N–H and O–H groups in total. The highest BCUT2D eigenvalue weighted by atomic mass is 32.2. The first kappa shape index (κ1) is 18.0. The van der Waals surface area contributed by atoms with Gasteiger partial charge in [-0.3, -0.25) is 4.79 Å². The zero-order valence-electron chi connectivity index (χ0n) is 15.3. The van der Waals surface area contributed by atoms with E-state index in [1.165, 1.54) is 11.8 Å². The van der Waals surface area contributed by atoms with Gasteiger partial charge in [-0.25, -0.2) is 13.4 Å². The molecule has 2 aliphatic heterocycles. The molecule has 0 unspecified atom stereocenters. The molecule has 0 aromatic heterocycles. The van der Waals surface area contributed by atoms with Crippen LogP contribution >= 0.6 is 11.8 Å². The molecular formula is C20H21N3O3S2. The molecule has 1 amide bonds. The lowest BCUT2D eigenvalue weighted by atomic mass is 10.1. The van der Waals surface area contributed by atoms with Crippen LogP contribution in [0.5, 0.6) is 0 Å². The average molecular weight is 416 g/mol. The summed E-state index contributed by atoms with van der Waals surface area (Å²) < 4.78 is 23.7. The van der Waals surface area contributed by atoms with Crippen LogP contribution in [0.4, 0.5) is 11.4 Å². The summed E-state index contributed by atoms with van der Waals surface area (Å²) in [7, 11) is -3.01. The maximum absolute atomic E-state index is 12.9. The fraction of sp³-hybridized carbons (Fsp3) is 0.400. The predicted octanol–water partition coefficient (Wildman–Crippen LogP) is 3.16. The molecular weight excluding hydrogens is 394 g/mol. The highest BCUT2D eigenvalue weighted by Gasteiger charge is 2.42. The van der Waals surface area contributed by atoms with E-state index < -0.39 is 9.84 Å². The summed E-state index contributed by atoms with van der Waals surface area (Å²) in [6, 6.07) is 12.2. The number of sulfone groups is 1. The Hall–Kier alpha value is -2.06. The SMILES string of the molecule is O=C(CSC1=Nc2cccc3cccc(c23)N1)N(C1CC1)[C@@H]1CCS(=O)(=O)C1. The van der Waals surface area contributed by atoms with Crippen molar-refractivity contribution < 1.29 is 13.2 Å². The second-order valence-electron chi connectivity index (χ2n) is 7.60. The standard InChI is InChI=1S/C20H21N3O3S2/c24-18(23(14-7-8-14)15-9-10-28(25,26)12-15)11-27-20-21-16-5-1-3-13-4-2-6-17(22-20)19(13)16/h1-6,14-15H,7-12H2,(H,21,22)/t15-/m1/s1. The van der Waals surface area contributed by atoms with Crippen LogP contribution in [0.1, 0.15) is 19.3 Å². The Labute approximate surface area is 168 Å². The summed E-state index contributed by atoms with van der Waals surface area (Å²) in [6.07, 6.45) is 2.51. The highest BCUT2D eigenvalue weighted by Crippen LogP contribution is 2.37. The number of amidine groups is 1. The van der Waals surface area contributed by atoms with Crippen LogP contribution in [-0.2, 0) is 14.6 Å². The molecule has 1 aliphatic carbocycles. The van der Waals surface area contributed by atoms with Gasteiger partial charge in [-0.15, -0.1) is 0 Å². The Balaban J connectivity index is 1.31. The quantitative estimate of drug-likeness (QED) is 0.830. The smallest absolute Gasteiger partial charge is 0.233 e. The molecule has 2 aromatic rings. The highest BCUT2D eigenvalue weighted by molar-refractivity contribution is 8.14. The summed E-state index contributed by atoms with van der Waals surface area (Å²) in [5, 5.41) is 6.26. The zero-order chi connectivity index (χ0) is 19.3. The van der Waals surface area contributed by atoms with Crippen molar-refractivity contribution in [3.05, 3.63) is 36.4 Å². The van der Waals surface area contributed by atoms with Crippen molar-refractivity contribution in [2.75, 3.05) is 22.6 Å². The van der Waals surface area contributed by atoms with E-state index in [4.69, 9.17) is 0 Å². The monoisotopic (exact) mass is 415 g/mol. The molecule has 146 valence electrons. The molecule has 1 saturated heterocycles. The number of nitrogens with one attached hydrogen (secondary N) is 1. The van der Waals surface area contributed by atoms with Gasteiger partial charge in [0.15, 0.2) is 15.0 Å². The lowest BCUT2D eigenvalue weighted by Gasteiger charge is -2.28. The number of aliphatic imine (C=N–C) groups is 1. The summed E-state index contributed by atoms with van der Waals surface area (Å²) in [4.78, 5) is 19.4. The Morgan fingerprint density at radius 2 is 1.93 bits per heavy atom. The van der Waals surface area contributed by atoms with Crippen LogP contribution in [-0.4, -0.2) is 53.7 Å². The number of nitrogens with zero attached hydrogens (tertiary/aromatic N) is 2. The maximum Gasteiger partial charge on any atom is 0.233 e. The van der Waals surface area contributed by atoms with Gasteiger partial charge in [-0.2, -0.15) is 0 Å². The van der Waals surface area contributed by atoms with Crippen molar-refractivity contribution in [2.45, 2.75) is 31.3 Å². The number of benzene rings is 2. The Bertz CT molecular complexity index is 1090. The van der Waals surface area contributed by atoms with E-state index in [1.807, 2.05) is 29.2 Å². The second kappa shape index (κ2) is 6.77. The minimum atomic E-state index is -3.01. The number of hydrogen-bond donors (Lipinski definition) is 1. The minimum Gasteiger partial charge on any atom is -0.335 e. The predicted molar refractivity (Wildman–Crippen MR) is 114 cm³/mol. The Kier molecular flexibility index (Phi) is 4.35. The largest absolute Gasteiger partial charge is 0.335 e.